The van der Waals surface area contributed by atoms with Crippen molar-refractivity contribution < 1.29 is 14.0 Å². The summed E-state index contributed by atoms with van der Waals surface area (Å²) in [6.45, 7) is 0.875. The molecule has 2 aromatic carbocycles. The second-order valence-electron chi connectivity index (χ2n) is 6.84. The second-order valence-corrected chi connectivity index (χ2v) is 7.87. The number of nitrogens with zero attached hydrogens (tertiary/aromatic N) is 1. The van der Waals surface area contributed by atoms with E-state index in [-0.39, 0.29) is 11.9 Å². The summed E-state index contributed by atoms with van der Waals surface area (Å²) < 4.78 is 5.44. The summed E-state index contributed by atoms with van der Waals surface area (Å²) in [5.74, 6) is 0.617. The number of rotatable bonds is 7. The van der Waals surface area contributed by atoms with E-state index in [1.807, 2.05) is 60.0 Å². The number of nitrogens with one attached hydrogen (secondary N) is 2. The Morgan fingerprint density at radius 2 is 1.55 bits per heavy atom. The van der Waals surface area contributed by atoms with Gasteiger partial charge in [-0.2, -0.15) is 0 Å². The van der Waals surface area contributed by atoms with Crippen LogP contribution in [0.1, 0.15) is 21.0 Å². The Morgan fingerprint density at radius 1 is 0.806 bits per heavy atom. The lowest BCUT2D eigenvalue weighted by Crippen LogP contribution is -2.29. The molecule has 2 N–H and O–H groups in total. The quantitative estimate of drug-likeness (QED) is 0.387. The van der Waals surface area contributed by atoms with Gasteiger partial charge in [0.25, 0.3) is 5.91 Å². The molecule has 0 bridgehead atoms. The molecule has 4 rings (SSSR count). The van der Waals surface area contributed by atoms with E-state index in [0.717, 1.165) is 10.6 Å². The van der Waals surface area contributed by atoms with Gasteiger partial charge in [-0.15, -0.1) is 11.3 Å². The predicted molar refractivity (Wildman–Crippen MR) is 122 cm³/mol. The lowest BCUT2D eigenvalue weighted by molar-refractivity contribution is 0.0719. The van der Waals surface area contributed by atoms with Gasteiger partial charge in [-0.3, -0.25) is 4.79 Å². The van der Waals surface area contributed by atoms with Crippen LogP contribution in [0.15, 0.2) is 94.9 Å². The Bertz CT molecular complexity index is 1070. The van der Waals surface area contributed by atoms with Crippen molar-refractivity contribution in [2.75, 3.05) is 10.6 Å². The van der Waals surface area contributed by atoms with Crippen LogP contribution >= 0.6 is 11.3 Å². The summed E-state index contributed by atoms with van der Waals surface area (Å²) in [7, 11) is 0. The molecule has 0 aliphatic heterocycles. The van der Waals surface area contributed by atoms with Crippen LogP contribution in [0.25, 0.3) is 0 Å². The maximum atomic E-state index is 13.2. The van der Waals surface area contributed by atoms with E-state index >= 15 is 0 Å². The zero-order valence-corrected chi connectivity index (χ0v) is 17.5. The highest BCUT2D eigenvalue weighted by molar-refractivity contribution is 7.09. The maximum Gasteiger partial charge on any atom is 0.323 e. The van der Waals surface area contributed by atoms with Crippen molar-refractivity contribution in [1.82, 2.24) is 4.90 Å². The zero-order chi connectivity index (χ0) is 21.5. The molecule has 2 aromatic heterocycles. The third-order valence-corrected chi connectivity index (χ3v) is 5.42. The molecule has 0 aliphatic carbocycles. The Balaban J connectivity index is 1.43. The highest BCUT2D eigenvalue weighted by Crippen LogP contribution is 2.19. The van der Waals surface area contributed by atoms with E-state index in [0.29, 0.717) is 30.0 Å². The summed E-state index contributed by atoms with van der Waals surface area (Å²) in [6.07, 6.45) is 1.60. The molecule has 31 heavy (non-hydrogen) atoms. The molecule has 156 valence electrons. The van der Waals surface area contributed by atoms with Gasteiger partial charge in [-0.25, -0.2) is 4.79 Å². The fourth-order valence-corrected chi connectivity index (χ4v) is 3.79. The highest BCUT2D eigenvalue weighted by Gasteiger charge is 2.18. The molecule has 4 aromatic rings. The fraction of sp³-hybridized carbons (Fsp3) is 0.0833. The van der Waals surface area contributed by atoms with Crippen molar-refractivity contribution >= 4 is 34.6 Å². The first-order valence-corrected chi connectivity index (χ1v) is 10.6. The fourth-order valence-electron chi connectivity index (χ4n) is 3.07. The molecule has 0 saturated carbocycles. The molecule has 0 atom stereocenters. The van der Waals surface area contributed by atoms with Gasteiger partial charge in [-0.1, -0.05) is 24.3 Å². The number of hydrogen-bond donors (Lipinski definition) is 2. The number of urea groups is 1. The van der Waals surface area contributed by atoms with Crippen molar-refractivity contribution in [3.8, 4) is 0 Å². The van der Waals surface area contributed by atoms with Gasteiger partial charge in [0.05, 0.1) is 19.4 Å². The Morgan fingerprint density at radius 3 is 2.19 bits per heavy atom. The first-order chi connectivity index (χ1) is 15.2. The summed E-state index contributed by atoms with van der Waals surface area (Å²) in [5.41, 5.74) is 1.84. The smallest absolute Gasteiger partial charge is 0.323 e. The van der Waals surface area contributed by atoms with Crippen molar-refractivity contribution in [2.45, 2.75) is 13.1 Å². The van der Waals surface area contributed by atoms with E-state index in [4.69, 9.17) is 4.42 Å². The first kappa shape index (κ1) is 20.4. The van der Waals surface area contributed by atoms with Crippen molar-refractivity contribution in [2.24, 2.45) is 0 Å². The molecule has 0 unspecified atom stereocenters. The number of thiophene rings is 1. The number of furan rings is 1. The standard InChI is InChI=1S/C24H21N3O3S/c28-23(27(16-21-8-4-14-30-21)17-22-9-5-15-31-22)18-10-12-20(13-11-18)26-24(29)25-19-6-2-1-3-7-19/h1-15H,16-17H2,(H2,25,26,29). The second kappa shape index (κ2) is 9.77. The van der Waals surface area contributed by atoms with E-state index in [2.05, 4.69) is 10.6 Å². The average Bonchev–Trinajstić information content (AvgIpc) is 3.48. The number of carbonyl (C=O) groups is 2. The number of para-hydroxylation sites is 1. The summed E-state index contributed by atoms with van der Waals surface area (Å²) in [6, 6.07) is 23.3. The van der Waals surface area contributed by atoms with E-state index < -0.39 is 0 Å². The van der Waals surface area contributed by atoms with Gasteiger partial charge in [0, 0.05) is 21.8 Å². The van der Waals surface area contributed by atoms with Crippen molar-refractivity contribution in [3.05, 3.63) is 107 Å². The van der Waals surface area contributed by atoms with Crippen LogP contribution in [0, 0.1) is 0 Å². The van der Waals surface area contributed by atoms with E-state index in [1.54, 1.807) is 46.8 Å². The van der Waals surface area contributed by atoms with E-state index in [1.165, 1.54) is 0 Å². The first-order valence-electron chi connectivity index (χ1n) is 9.74. The van der Waals surface area contributed by atoms with Gasteiger partial charge < -0.3 is 20.0 Å². The minimum atomic E-state index is -0.345. The molecule has 0 fully saturated rings. The molecule has 0 radical (unpaired) electrons. The van der Waals surface area contributed by atoms with Gasteiger partial charge in [-0.05, 0) is 60.0 Å². The van der Waals surface area contributed by atoms with Crippen LogP contribution in [-0.2, 0) is 13.1 Å². The topological polar surface area (TPSA) is 74.6 Å². The predicted octanol–water partition coefficient (Wildman–Crippen LogP) is 5.83. The van der Waals surface area contributed by atoms with Gasteiger partial charge in [0.1, 0.15) is 5.76 Å². The SMILES string of the molecule is O=C(Nc1ccccc1)Nc1ccc(C(=O)N(Cc2ccco2)Cc2cccs2)cc1. The largest absolute Gasteiger partial charge is 0.467 e. The number of carbonyl (C=O) groups excluding carboxylic acids is 2. The van der Waals surface area contributed by atoms with Gasteiger partial charge >= 0.3 is 6.03 Å². The van der Waals surface area contributed by atoms with Crippen LogP contribution in [0.5, 0.6) is 0 Å². The van der Waals surface area contributed by atoms with Crippen LogP contribution < -0.4 is 10.6 Å². The lowest BCUT2D eigenvalue weighted by atomic mass is 10.1. The number of amides is 3. The molecule has 0 aliphatic rings. The van der Waals surface area contributed by atoms with Gasteiger partial charge in [0.2, 0.25) is 0 Å². The van der Waals surface area contributed by atoms with Crippen LogP contribution in [0.4, 0.5) is 16.2 Å². The molecule has 7 heteroatoms. The van der Waals surface area contributed by atoms with Crippen LogP contribution in [0.2, 0.25) is 0 Å². The third kappa shape index (κ3) is 5.61. The summed E-state index contributed by atoms with van der Waals surface area (Å²) in [5, 5.41) is 7.52. The zero-order valence-electron chi connectivity index (χ0n) is 16.7. The maximum absolute atomic E-state index is 13.2. The summed E-state index contributed by atoms with van der Waals surface area (Å²) >= 11 is 1.61. The molecule has 0 spiro atoms. The molecule has 3 amide bonds. The molecule has 6 nitrogen and oxygen atoms in total. The number of hydrogen-bond acceptors (Lipinski definition) is 4. The number of benzene rings is 2. The van der Waals surface area contributed by atoms with Crippen molar-refractivity contribution in [1.29, 1.82) is 0 Å². The number of anilines is 2. The molecular formula is C24H21N3O3S. The average molecular weight is 432 g/mol. The Labute approximate surface area is 184 Å². The summed E-state index contributed by atoms with van der Waals surface area (Å²) in [4.78, 5) is 28.2. The third-order valence-electron chi connectivity index (χ3n) is 4.56. The van der Waals surface area contributed by atoms with Crippen LogP contribution in [0.3, 0.4) is 0 Å². The molecular weight excluding hydrogens is 410 g/mol. The normalized spacial score (nSPS) is 10.5. The Kier molecular flexibility index (Phi) is 6.44. The van der Waals surface area contributed by atoms with Crippen molar-refractivity contribution in [3.63, 3.8) is 0 Å². The Hall–Kier alpha value is -3.84. The highest BCUT2D eigenvalue weighted by atomic mass is 32.1. The van der Waals surface area contributed by atoms with Gasteiger partial charge in [0.15, 0.2) is 0 Å². The minimum absolute atomic E-state index is 0.106. The lowest BCUT2D eigenvalue weighted by Gasteiger charge is -2.21. The monoisotopic (exact) mass is 431 g/mol. The van der Waals surface area contributed by atoms with E-state index in [9.17, 15) is 9.59 Å². The molecule has 0 saturated heterocycles. The van der Waals surface area contributed by atoms with Crippen LogP contribution in [-0.4, -0.2) is 16.8 Å². The minimum Gasteiger partial charge on any atom is -0.467 e. The molecule has 2 heterocycles.